The number of hydrogen-bond acceptors (Lipinski definition) is 4. The highest BCUT2D eigenvalue weighted by molar-refractivity contribution is 5.76. The standard InChI is InChI=1S/C28H43N3O4/c1-4-6-19(3)15-24(27-21(5-2)17-23(32)18-25(27)33)22-9-13-30(14-10-22)26(34)16-20-7-11-31(12-8-20)28(29)35/h6,17-18,20,22,24,32-33H,4-5,7-16H2,1-3H3,(H2,29,35)/b19-6-. The number of aromatic hydroxyl groups is 2. The van der Waals surface area contributed by atoms with E-state index < -0.39 is 0 Å². The number of likely N-dealkylation sites (tertiary alicyclic amines) is 2. The van der Waals surface area contributed by atoms with Crippen LogP contribution in [0.15, 0.2) is 23.8 Å². The van der Waals surface area contributed by atoms with Crippen molar-refractivity contribution in [3.05, 3.63) is 34.9 Å². The van der Waals surface area contributed by atoms with E-state index in [1.165, 1.54) is 11.6 Å². The lowest BCUT2D eigenvalue weighted by Gasteiger charge is -2.38. The zero-order valence-corrected chi connectivity index (χ0v) is 21.6. The average Bonchev–Trinajstić information content (AvgIpc) is 2.83. The third-order valence-electron chi connectivity index (χ3n) is 7.93. The molecule has 0 bridgehead atoms. The van der Waals surface area contributed by atoms with Crippen molar-refractivity contribution in [1.82, 2.24) is 9.80 Å². The molecule has 3 rings (SSSR count). The molecule has 2 aliphatic heterocycles. The lowest BCUT2D eigenvalue weighted by Crippen LogP contribution is -2.44. The first-order chi connectivity index (χ1) is 16.7. The molecule has 1 atom stereocenters. The maximum atomic E-state index is 13.0. The van der Waals surface area contributed by atoms with E-state index in [2.05, 4.69) is 26.8 Å². The first-order valence-electron chi connectivity index (χ1n) is 13.3. The van der Waals surface area contributed by atoms with Crippen molar-refractivity contribution in [1.29, 1.82) is 0 Å². The Bertz CT molecular complexity index is 913. The number of phenolic OH excluding ortho intramolecular Hbond substituents is 2. The molecule has 7 nitrogen and oxygen atoms in total. The number of urea groups is 1. The molecule has 1 aromatic rings. The van der Waals surface area contributed by atoms with Crippen LogP contribution in [0.3, 0.4) is 0 Å². The number of benzene rings is 1. The highest BCUT2D eigenvalue weighted by atomic mass is 16.3. The highest BCUT2D eigenvalue weighted by Gasteiger charge is 2.33. The van der Waals surface area contributed by atoms with Crippen molar-refractivity contribution in [2.24, 2.45) is 17.6 Å². The maximum Gasteiger partial charge on any atom is 0.314 e. The van der Waals surface area contributed by atoms with Crippen LogP contribution in [0.5, 0.6) is 11.5 Å². The van der Waals surface area contributed by atoms with E-state index in [4.69, 9.17) is 5.73 Å². The SMILES string of the molecule is CC/C=C(/C)CC(c1c(O)cc(O)cc1CC)C1CCN(C(=O)CC2CCN(C(N)=O)CC2)CC1. The van der Waals surface area contributed by atoms with E-state index >= 15 is 0 Å². The first-order valence-corrected chi connectivity index (χ1v) is 13.3. The summed E-state index contributed by atoms with van der Waals surface area (Å²) < 4.78 is 0. The third kappa shape index (κ3) is 6.92. The number of amides is 3. The molecule has 7 heteroatoms. The molecule has 2 aliphatic rings. The number of aryl methyl sites for hydroxylation is 1. The molecule has 4 N–H and O–H groups in total. The van der Waals surface area contributed by atoms with Crippen LogP contribution in [-0.2, 0) is 11.2 Å². The van der Waals surface area contributed by atoms with Gasteiger partial charge in [0.1, 0.15) is 11.5 Å². The fourth-order valence-corrected chi connectivity index (χ4v) is 5.97. The van der Waals surface area contributed by atoms with Crippen molar-refractivity contribution in [3.63, 3.8) is 0 Å². The van der Waals surface area contributed by atoms with E-state index in [-0.39, 0.29) is 29.4 Å². The number of hydrogen-bond donors (Lipinski definition) is 3. The predicted molar refractivity (Wildman–Crippen MR) is 138 cm³/mol. The van der Waals surface area contributed by atoms with Gasteiger partial charge in [0, 0.05) is 44.2 Å². The Morgan fingerprint density at radius 1 is 1.06 bits per heavy atom. The zero-order chi connectivity index (χ0) is 25.5. The summed E-state index contributed by atoms with van der Waals surface area (Å²) in [5, 5.41) is 20.9. The summed E-state index contributed by atoms with van der Waals surface area (Å²) in [5.74, 6) is 1.32. The Morgan fingerprint density at radius 3 is 2.26 bits per heavy atom. The largest absolute Gasteiger partial charge is 0.508 e. The summed E-state index contributed by atoms with van der Waals surface area (Å²) in [4.78, 5) is 28.0. The minimum Gasteiger partial charge on any atom is -0.508 e. The number of primary amides is 1. The van der Waals surface area contributed by atoms with Crippen LogP contribution in [0.4, 0.5) is 4.79 Å². The maximum absolute atomic E-state index is 13.0. The van der Waals surface area contributed by atoms with Gasteiger partial charge in [-0.3, -0.25) is 4.79 Å². The Kier molecular flexibility index (Phi) is 9.47. The number of phenols is 2. The normalized spacial score (nSPS) is 19.1. The monoisotopic (exact) mass is 485 g/mol. The van der Waals surface area contributed by atoms with E-state index in [1.54, 1.807) is 11.0 Å². The minimum absolute atomic E-state index is 0.102. The fourth-order valence-electron chi connectivity index (χ4n) is 5.97. The van der Waals surface area contributed by atoms with Crippen LogP contribution < -0.4 is 5.73 Å². The second-order valence-electron chi connectivity index (χ2n) is 10.4. The van der Waals surface area contributed by atoms with Crippen LogP contribution in [0.1, 0.15) is 82.8 Å². The molecule has 1 aromatic carbocycles. The van der Waals surface area contributed by atoms with Crippen molar-refractivity contribution < 1.29 is 19.8 Å². The summed E-state index contributed by atoms with van der Waals surface area (Å²) in [6, 6.07) is 2.87. The average molecular weight is 486 g/mol. The summed E-state index contributed by atoms with van der Waals surface area (Å²) in [6.45, 7) is 9.08. The Balaban J connectivity index is 1.67. The van der Waals surface area contributed by atoms with Crippen LogP contribution in [0.2, 0.25) is 0 Å². The molecule has 0 spiro atoms. The molecule has 0 aromatic heterocycles. The number of rotatable bonds is 8. The second-order valence-corrected chi connectivity index (χ2v) is 10.4. The molecule has 0 aliphatic carbocycles. The summed E-state index contributed by atoms with van der Waals surface area (Å²) in [6.07, 6.45) is 8.85. The van der Waals surface area contributed by atoms with Crippen LogP contribution in [-0.4, -0.2) is 58.1 Å². The number of nitrogens with two attached hydrogens (primary N) is 1. The number of nitrogens with zero attached hydrogens (tertiary/aromatic N) is 2. The van der Waals surface area contributed by atoms with Crippen molar-refractivity contribution >= 4 is 11.9 Å². The van der Waals surface area contributed by atoms with Crippen molar-refractivity contribution in [2.75, 3.05) is 26.2 Å². The van der Waals surface area contributed by atoms with Gasteiger partial charge in [-0.25, -0.2) is 4.79 Å². The number of carbonyl (C=O) groups is 2. The molecule has 2 heterocycles. The molecule has 35 heavy (non-hydrogen) atoms. The van der Waals surface area contributed by atoms with Gasteiger partial charge >= 0.3 is 6.03 Å². The van der Waals surface area contributed by atoms with Gasteiger partial charge in [-0.05, 0) is 81.3 Å². The Labute approximate surface area is 210 Å². The van der Waals surface area contributed by atoms with E-state index in [9.17, 15) is 19.8 Å². The number of carbonyl (C=O) groups excluding carboxylic acids is 2. The van der Waals surface area contributed by atoms with Gasteiger partial charge in [0.2, 0.25) is 5.91 Å². The topological polar surface area (TPSA) is 107 Å². The van der Waals surface area contributed by atoms with Gasteiger partial charge in [0.15, 0.2) is 0 Å². The smallest absolute Gasteiger partial charge is 0.314 e. The van der Waals surface area contributed by atoms with Crippen LogP contribution in [0.25, 0.3) is 0 Å². The van der Waals surface area contributed by atoms with Gasteiger partial charge in [0.25, 0.3) is 0 Å². The predicted octanol–water partition coefficient (Wildman–Crippen LogP) is 4.91. The van der Waals surface area contributed by atoms with E-state index in [0.717, 1.165) is 69.2 Å². The van der Waals surface area contributed by atoms with Crippen molar-refractivity contribution in [2.45, 2.75) is 78.1 Å². The lowest BCUT2D eigenvalue weighted by molar-refractivity contribution is -0.134. The van der Waals surface area contributed by atoms with Gasteiger partial charge in [0.05, 0.1) is 0 Å². The first kappa shape index (κ1) is 26.9. The molecular weight excluding hydrogens is 442 g/mol. The quantitative estimate of drug-likeness (QED) is 0.455. The van der Waals surface area contributed by atoms with Gasteiger partial charge in [-0.2, -0.15) is 0 Å². The summed E-state index contributed by atoms with van der Waals surface area (Å²) >= 11 is 0. The fraction of sp³-hybridized carbons (Fsp3) is 0.643. The lowest BCUT2D eigenvalue weighted by atomic mass is 9.74. The summed E-state index contributed by atoms with van der Waals surface area (Å²) in [5.41, 5.74) is 8.64. The van der Waals surface area contributed by atoms with Crippen LogP contribution >= 0.6 is 0 Å². The molecule has 3 amide bonds. The van der Waals surface area contributed by atoms with Crippen molar-refractivity contribution in [3.8, 4) is 11.5 Å². The molecule has 2 saturated heterocycles. The zero-order valence-electron chi connectivity index (χ0n) is 21.6. The highest BCUT2D eigenvalue weighted by Crippen LogP contribution is 2.44. The third-order valence-corrected chi connectivity index (χ3v) is 7.93. The minimum atomic E-state index is -0.374. The molecule has 0 radical (unpaired) electrons. The molecule has 194 valence electrons. The Morgan fingerprint density at radius 2 is 1.69 bits per heavy atom. The molecular formula is C28H43N3O4. The summed E-state index contributed by atoms with van der Waals surface area (Å²) in [7, 11) is 0. The Hall–Kier alpha value is -2.70. The van der Waals surface area contributed by atoms with E-state index in [0.29, 0.717) is 31.3 Å². The second kappa shape index (κ2) is 12.3. The molecule has 2 fully saturated rings. The van der Waals surface area contributed by atoms with E-state index in [1.807, 2.05) is 4.90 Å². The van der Waals surface area contributed by atoms with Gasteiger partial charge in [-0.15, -0.1) is 0 Å². The number of allylic oxidation sites excluding steroid dienone is 2. The molecule has 0 saturated carbocycles. The van der Waals surface area contributed by atoms with Crippen LogP contribution in [0, 0.1) is 11.8 Å². The molecule has 1 unspecified atom stereocenters. The number of piperidine rings is 2. The van der Waals surface area contributed by atoms with Gasteiger partial charge in [-0.1, -0.05) is 25.5 Å². The van der Waals surface area contributed by atoms with Gasteiger partial charge < -0.3 is 25.7 Å².